The first-order chi connectivity index (χ1) is 11.8. The summed E-state index contributed by atoms with van der Waals surface area (Å²) in [6.45, 7) is 1.11. The Morgan fingerprint density at radius 3 is 2.33 bits per heavy atom. The van der Waals surface area contributed by atoms with Crippen LogP contribution in [0, 0.1) is 0 Å². The first-order valence-electron chi connectivity index (χ1n) is 7.94. The maximum absolute atomic E-state index is 5.86. The fraction of sp³-hybridized carbons (Fsp3) is 0.150. The molecular weight excluding hydrogens is 300 g/mol. The first-order valence-corrected chi connectivity index (χ1v) is 7.94. The van der Waals surface area contributed by atoms with Gasteiger partial charge in [-0.05, 0) is 48.9 Å². The van der Waals surface area contributed by atoms with Crippen molar-refractivity contribution in [2.45, 2.75) is 13.0 Å². The van der Waals surface area contributed by atoms with Gasteiger partial charge >= 0.3 is 0 Å². The molecule has 0 atom stereocenters. The Bertz CT molecular complexity index is 758. The molecule has 1 heterocycles. The molecule has 2 aromatic carbocycles. The zero-order chi connectivity index (χ0) is 16.6. The average Bonchev–Trinajstić information content (AvgIpc) is 2.64. The molecule has 122 valence electrons. The second-order valence-corrected chi connectivity index (χ2v) is 5.35. The summed E-state index contributed by atoms with van der Waals surface area (Å²) < 4.78 is 11.6. The predicted molar refractivity (Wildman–Crippen MR) is 94.3 cm³/mol. The SMILES string of the molecule is NCCc1cccnc1Oc1ccc(OCc2ccccc2)cc1. The lowest BCUT2D eigenvalue weighted by Crippen LogP contribution is -2.04. The number of hydrogen-bond acceptors (Lipinski definition) is 4. The Morgan fingerprint density at radius 2 is 1.58 bits per heavy atom. The van der Waals surface area contributed by atoms with Crippen molar-refractivity contribution in [1.29, 1.82) is 0 Å². The van der Waals surface area contributed by atoms with Gasteiger partial charge in [-0.15, -0.1) is 0 Å². The third-order valence-electron chi connectivity index (χ3n) is 3.55. The zero-order valence-electron chi connectivity index (χ0n) is 13.4. The summed E-state index contributed by atoms with van der Waals surface area (Å²) in [7, 11) is 0. The largest absolute Gasteiger partial charge is 0.489 e. The van der Waals surface area contributed by atoms with E-state index in [1.165, 1.54) is 0 Å². The van der Waals surface area contributed by atoms with E-state index in [1.54, 1.807) is 6.20 Å². The van der Waals surface area contributed by atoms with E-state index in [9.17, 15) is 0 Å². The van der Waals surface area contributed by atoms with Gasteiger partial charge in [-0.3, -0.25) is 0 Å². The molecule has 0 saturated carbocycles. The van der Waals surface area contributed by atoms with Gasteiger partial charge in [-0.1, -0.05) is 36.4 Å². The lowest BCUT2D eigenvalue weighted by molar-refractivity contribution is 0.305. The second kappa shape index (κ2) is 8.13. The maximum atomic E-state index is 5.86. The molecule has 0 aliphatic carbocycles. The van der Waals surface area contributed by atoms with E-state index < -0.39 is 0 Å². The fourth-order valence-electron chi connectivity index (χ4n) is 2.32. The van der Waals surface area contributed by atoms with Crippen molar-refractivity contribution in [1.82, 2.24) is 4.98 Å². The van der Waals surface area contributed by atoms with Crippen molar-refractivity contribution in [2.75, 3.05) is 6.54 Å². The highest BCUT2D eigenvalue weighted by molar-refractivity contribution is 5.36. The topological polar surface area (TPSA) is 57.4 Å². The number of rotatable bonds is 7. The average molecular weight is 320 g/mol. The van der Waals surface area contributed by atoms with Crippen molar-refractivity contribution in [2.24, 2.45) is 5.73 Å². The molecule has 0 bridgehead atoms. The van der Waals surface area contributed by atoms with E-state index in [-0.39, 0.29) is 0 Å². The van der Waals surface area contributed by atoms with Crippen LogP contribution in [0.4, 0.5) is 0 Å². The Balaban J connectivity index is 1.62. The standard InChI is InChI=1S/C20H20N2O2/c21-13-12-17-7-4-14-22-20(17)24-19-10-8-18(9-11-19)23-15-16-5-2-1-3-6-16/h1-11,14H,12-13,15,21H2. The number of ether oxygens (including phenoxy) is 2. The summed E-state index contributed by atoms with van der Waals surface area (Å²) in [5.74, 6) is 2.12. The van der Waals surface area contributed by atoms with E-state index in [1.807, 2.05) is 66.7 Å². The van der Waals surface area contributed by atoms with E-state index in [0.29, 0.717) is 19.0 Å². The molecule has 2 N–H and O–H groups in total. The molecule has 0 amide bonds. The van der Waals surface area contributed by atoms with Crippen LogP contribution < -0.4 is 15.2 Å². The van der Waals surface area contributed by atoms with Crippen molar-refractivity contribution in [3.63, 3.8) is 0 Å². The summed E-state index contributed by atoms with van der Waals surface area (Å²) in [5, 5.41) is 0. The van der Waals surface area contributed by atoms with E-state index in [2.05, 4.69) is 4.98 Å². The number of benzene rings is 2. The van der Waals surface area contributed by atoms with Gasteiger partial charge in [0.2, 0.25) is 5.88 Å². The van der Waals surface area contributed by atoms with Crippen LogP contribution in [0.5, 0.6) is 17.4 Å². The van der Waals surface area contributed by atoms with Gasteiger partial charge in [0.05, 0.1) is 0 Å². The molecule has 3 rings (SSSR count). The molecule has 0 fully saturated rings. The van der Waals surface area contributed by atoms with Crippen LogP contribution in [-0.4, -0.2) is 11.5 Å². The monoisotopic (exact) mass is 320 g/mol. The van der Waals surface area contributed by atoms with Crippen LogP contribution >= 0.6 is 0 Å². The maximum Gasteiger partial charge on any atom is 0.222 e. The smallest absolute Gasteiger partial charge is 0.222 e. The summed E-state index contributed by atoms with van der Waals surface area (Å²) in [5.41, 5.74) is 7.76. The minimum atomic E-state index is 0.544. The molecule has 0 saturated heterocycles. The molecule has 0 aliphatic heterocycles. The van der Waals surface area contributed by atoms with Gasteiger partial charge in [0, 0.05) is 11.8 Å². The van der Waals surface area contributed by atoms with Crippen LogP contribution in [-0.2, 0) is 13.0 Å². The molecule has 0 spiro atoms. The van der Waals surface area contributed by atoms with Crippen LogP contribution in [0.25, 0.3) is 0 Å². The number of aromatic nitrogens is 1. The van der Waals surface area contributed by atoms with Crippen molar-refractivity contribution < 1.29 is 9.47 Å². The summed E-state index contributed by atoms with van der Waals surface area (Å²) in [4.78, 5) is 4.28. The van der Waals surface area contributed by atoms with Gasteiger partial charge in [0.25, 0.3) is 0 Å². The van der Waals surface area contributed by atoms with Crippen LogP contribution in [0.2, 0.25) is 0 Å². The fourth-order valence-corrected chi connectivity index (χ4v) is 2.32. The van der Waals surface area contributed by atoms with Crippen LogP contribution in [0.1, 0.15) is 11.1 Å². The van der Waals surface area contributed by atoms with Gasteiger partial charge in [-0.2, -0.15) is 0 Å². The van der Waals surface area contributed by atoms with Crippen molar-refractivity contribution in [3.05, 3.63) is 84.1 Å². The third kappa shape index (κ3) is 4.33. The van der Waals surface area contributed by atoms with Crippen LogP contribution in [0.15, 0.2) is 72.9 Å². The Hall–Kier alpha value is -2.85. The quantitative estimate of drug-likeness (QED) is 0.716. The molecular formula is C20H20N2O2. The lowest BCUT2D eigenvalue weighted by atomic mass is 10.2. The molecule has 3 aromatic rings. The normalized spacial score (nSPS) is 10.4. The second-order valence-electron chi connectivity index (χ2n) is 5.35. The molecule has 4 heteroatoms. The highest BCUT2D eigenvalue weighted by Crippen LogP contribution is 2.25. The number of pyridine rings is 1. The van der Waals surface area contributed by atoms with Crippen molar-refractivity contribution >= 4 is 0 Å². The Kier molecular flexibility index (Phi) is 5.43. The molecule has 0 radical (unpaired) electrons. The third-order valence-corrected chi connectivity index (χ3v) is 3.55. The number of nitrogens with zero attached hydrogens (tertiary/aromatic N) is 1. The van der Waals surface area contributed by atoms with E-state index >= 15 is 0 Å². The number of nitrogens with two attached hydrogens (primary N) is 1. The minimum Gasteiger partial charge on any atom is -0.489 e. The predicted octanol–water partition coefficient (Wildman–Crippen LogP) is 3.95. The summed E-state index contributed by atoms with van der Waals surface area (Å²) in [6.07, 6.45) is 2.45. The number of hydrogen-bond donors (Lipinski definition) is 1. The lowest BCUT2D eigenvalue weighted by Gasteiger charge is -2.10. The van der Waals surface area contributed by atoms with Gasteiger partial charge in [-0.25, -0.2) is 4.98 Å². The molecule has 1 aromatic heterocycles. The molecule has 24 heavy (non-hydrogen) atoms. The van der Waals surface area contributed by atoms with E-state index in [0.717, 1.165) is 29.0 Å². The minimum absolute atomic E-state index is 0.544. The highest BCUT2D eigenvalue weighted by Gasteiger charge is 2.05. The molecule has 0 aliphatic rings. The van der Waals surface area contributed by atoms with Gasteiger partial charge < -0.3 is 15.2 Å². The Labute approximate surface area is 141 Å². The highest BCUT2D eigenvalue weighted by atomic mass is 16.5. The molecule has 0 unspecified atom stereocenters. The molecule has 4 nitrogen and oxygen atoms in total. The zero-order valence-corrected chi connectivity index (χ0v) is 13.4. The van der Waals surface area contributed by atoms with Crippen molar-refractivity contribution in [3.8, 4) is 17.4 Å². The van der Waals surface area contributed by atoms with Gasteiger partial charge in [0.15, 0.2) is 0 Å². The van der Waals surface area contributed by atoms with Crippen LogP contribution in [0.3, 0.4) is 0 Å². The first kappa shape index (κ1) is 16.0. The summed E-state index contributed by atoms with van der Waals surface area (Å²) in [6, 6.07) is 21.5. The van der Waals surface area contributed by atoms with Gasteiger partial charge in [0.1, 0.15) is 18.1 Å². The summed E-state index contributed by atoms with van der Waals surface area (Å²) >= 11 is 0. The Morgan fingerprint density at radius 1 is 0.833 bits per heavy atom. The van der Waals surface area contributed by atoms with E-state index in [4.69, 9.17) is 15.2 Å².